The zero-order valence-electron chi connectivity index (χ0n) is 16.8. The fourth-order valence-electron chi connectivity index (χ4n) is 4.06. The molecule has 6 heteroatoms. The van der Waals surface area contributed by atoms with Crippen LogP contribution >= 0.6 is 11.6 Å². The zero-order chi connectivity index (χ0) is 20.4. The summed E-state index contributed by atoms with van der Waals surface area (Å²) in [6, 6.07) is 18.4. The third-order valence-electron chi connectivity index (χ3n) is 5.51. The highest BCUT2D eigenvalue weighted by Gasteiger charge is 2.27. The van der Waals surface area contributed by atoms with Gasteiger partial charge in [-0.1, -0.05) is 41.9 Å². The van der Waals surface area contributed by atoms with E-state index in [1.807, 2.05) is 36.7 Å². The quantitative estimate of drug-likeness (QED) is 0.589. The van der Waals surface area contributed by atoms with Crippen molar-refractivity contribution in [2.24, 2.45) is 0 Å². The topological polar surface area (TPSA) is 41.4 Å². The Kier molecular flexibility index (Phi) is 5.69. The summed E-state index contributed by atoms with van der Waals surface area (Å²) in [7, 11) is 0. The fourth-order valence-corrected chi connectivity index (χ4v) is 4.19. The monoisotopic (exact) mass is 408 g/mol. The van der Waals surface area contributed by atoms with Gasteiger partial charge < -0.3 is 4.90 Å². The molecular weight excluding hydrogens is 384 g/mol. The molecule has 0 spiro atoms. The van der Waals surface area contributed by atoms with E-state index in [1.54, 1.807) is 0 Å². The number of anilines is 1. The molecule has 1 aliphatic heterocycles. The SMILES string of the molecule is Cc1cc(C)n(C(C=O)N2CCN(c3ccccc3-c3ccc(Cl)cc3)CC2)n1. The number of aldehydes is 1. The van der Waals surface area contributed by atoms with E-state index in [4.69, 9.17) is 11.6 Å². The summed E-state index contributed by atoms with van der Waals surface area (Å²) in [6.07, 6.45) is 0.647. The van der Waals surface area contributed by atoms with Gasteiger partial charge in [0.25, 0.3) is 0 Å². The molecule has 1 aliphatic rings. The average molecular weight is 409 g/mol. The van der Waals surface area contributed by atoms with Gasteiger partial charge in [0.2, 0.25) is 0 Å². The van der Waals surface area contributed by atoms with E-state index in [-0.39, 0.29) is 6.17 Å². The molecule has 1 saturated heterocycles. The molecule has 4 rings (SSSR count). The molecule has 5 nitrogen and oxygen atoms in total. The molecule has 2 heterocycles. The molecule has 3 aromatic rings. The van der Waals surface area contributed by atoms with Gasteiger partial charge in [-0.05, 0) is 43.7 Å². The van der Waals surface area contributed by atoms with Crippen molar-refractivity contribution in [1.82, 2.24) is 14.7 Å². The Morgan fingerprint density at radius 2 is 1.69 bits per heavy atom. The molecule has 0 amide bonds. The van der Waals surface area contributed by atoms with Gasteiger partial charge >= 0.3 is 0 Å². The number of rotatable bonds is 5. The number of benzene rings is 2. The Bertz CT molecular complexity index is 990. The highest BCUT2D eigenvalue weighted by molar-refractivity contribution is 6.30. The summed E-state index contributed by atoms with van der Waals surface area (Å²) in [5, 5.41) is 5.25. The molecule has 1 atom stereocenters. The molecule has 1 aromatic heterocycles. The number of nitrogens with zero attached hydrogens (tertiary/aromatic N) is 4. The predicted molar refractivity (Wildman–Crippen MR) is 117 cm³/mol. The van der Waals surface area contributed by atoms with Crippen LogP contribution in [-0.2, 0) is 4.79 Å². The van der Waals surface area contributed by atoms with E-state index < -0.39 is 0 Å². The van der Waals surface area contributed by atoms with Crippen LogP contribution in [0.4, 0.5) is 5.69 Å². The number of piperazine rings is 1. The molecule has 150 valence electrons. The minimum Gasteiger partial charge on any atom is -0.368 e. The molecule has 1 unspecified atom stereocenters. The first-order chi connectivity index (χ1) is 14.1. The van der Waals surface area contributed by atoms with E-state index in [2.05, 4.69) is 51.3 Å². The minimum atomic E-state index is -0.350. The van der Waals surface area contributed by atoms with Gasteiger partial charge in [0.15, 0.2) is 12.5 Å². The van der Waals surface area contributed by atoms with Crippen molar-refractivity contribution in [3.63, 3.8) is 0 Å². The molecule has 0 aliphatic carbocycles. The van der Waals surface area contributed by atoms with Gasteiger partial charge in [0, 0.05) is 48.1 Å². The Labute approximate surface area is 176 Å². The van der Waals surface area contributed by atoms with Gasteiger partial charge in [0.05, 0.1) is 5.69 Å². The molecule has 1 fully saturated rings. The van der Waals surface area contributed by atoms with Crippen LogP contribution in [0.2, 0.25) is 5.02 Å². The maximum absolute atomic E-state index is 11.9. The van der Waals surface area contributed by atoms with Crippen molar-refractivity contribution in [3.05, 3.63) is 71.0 Å². The molecule has 0 radical (unpaired) electrons. The molecule has 29 heavy (non-hydrogen) atoms. The molecule has 0 saturated carbocycles. The number of aromatic nitrogens is 2. The lowest BCUT2D eigenvalue weighted by molar-refractivity contribution is -0.116. The van der Waals surface area contributed by atoms with Crippen LogP contribution in [0.5, 0.6) is 0 Å². The summed E-state index contributed by atoms with van der Waals surface area (Å²) in [5.74, 6) is 0. The van der Waals surface area contributed by atoms with Crippen LogP contribution in [0.25, 0.3) is 11.1 Å². The first-order valence-corrected chi connectivity index (χ1v) is 10.3. The van der Waals surface area contributed by atoms with Crippen molar-refractivity contribution >= 4 is 23.6 Å². The van der Waals surface area contributed by atoms with Crippen LogP contribution in [0.15, 0.2) is 54.6 Å². The molecule has 0 bridgehead atoms. The van der Waals surface area contributed by atoms with Crippen molar-refractivity contribution in [2.75, 3.05) is 31.1 Å². The Hall–Kier alpha value is -2.63. The van der Waals surface area contributed by atoms with E-state index in [0.717, 1.165) is 54.4 Å². The van der Waals surface area contributed by atoms with Crippen LogP contribution in [0.3, 0.4) is 0 Å². The van der Waals surface area contributed by atoms with Gasteiger partial charge in [-0.3, -0.25) is 9.69 Å². The number of para-hydroxylation sites is 1. The number of hydrogen-bond donors (Lipinski definition) is 0. The second kappa shape index (κ2) is 8.39. The van der Waals surface area contributed by atoms with E-state index in [9.17, 15) is 4.79 Å². The third kappa shape index (κ3) is 4.07. The first-order valence-electron chi connectivity index (χ1n) is 9.89. The number of halogens is 1. The molecule has 2 aromatic carbocycles. The van der Waals surface area contributed by atoms with Crippen LogP contribution in [0.1, 0.15) is 17.6 Å². The second-order valence-electron chi connectivity index (χ2n) is 7.47. The average Bonchev–Trinajstić information content (AvgIpc) is 3.07. The van der Waals surface area contributed by atoms with Crippen molar-refractivity contribution < 1.29 is 4.79 Å². The number of hydrogen-bond acceptors (Lipinski definition) is 4. The van der Waals surface area contributed by atoms with Crippen molar-refractivity contribution in [3.8, 4) is 11.1 Å². The lowest BCUT2D eigenvalue weighted by atomic mass is 10.0. The van der Waals surface area contributed by atoms with Crippen molar-refractivity contribution in [2.45, 2.75) is 20.0 Å². The number of carbonyl (C=O) groups is 1. The summed E-state index contributed by atoms with van der Waals surface area (Å²) in [5.41, 5.74) is 5.51. The molecular formula is C23H25ClN4O. The maximum Gasteiger partial charge on any atom is 0.160 e. The normalized spacial score (nSPS) is 16.0. The highest BCUT2D eigenvalue weighted by Crippen LogP contribution is 2.32. The smallest absolute Gasteiger partial charge is 0.160 e. The predicted octanol–water partition coefficient (Wildman–Crippen LogP) is 4.34. The van der Waals surface area contributed by atoms with Crippen LogP contribution in [-0.4, -0.2) is 47.1 Å². The Morgan fingerprint density at radius 3 is 2.31 bits per heavy atom. The molecule has 0 N–H and O–H groups in total. The van der Waals surface area contributed by atoms with Crippen molar-refractivity contribution in [1.29, 1.82) is 0 Å². The highest BCUT2D eigenvalue weighted by atomic mass is 35.5. The Balaban J connectivity index is 1.52. The van der Waals surface area contributed by atoms with Gasteiger partial charge in [0.1, 0.15) is 0 Å². The van der Waals surface area contributed by atoms with E-state index in [1.165, 1.54) is 11.3 Å². The van der Waals surface area contributed by atoms with Crippen LogP contribution in [0, 0.1) is 13.8 Å². The number of carbonyl (C=O) groups excluding carboxylic acids is 1. The van der Waals surface area contributed by atoms with E-state index in [0.29, 0.717) is 0 Å². The number of aryl methyl sites for hydroxylation is 2. The largest absolute Gasteiger partial charge is 0.368 e. The summed E-state index contributed by atoms with van der Waals surface area (Å²) < 4.78 is 1.83. The first kappa shape index (κ1) is 19.7. The van der Waals surface area contributed by atoms with Gasteiger partial charge in [-0.2, -0.15) is 5.10 Å². The second-order valence-corrected chi connectivity index (χ2v) is 7.90. The van der Waals surface area contributed by atoms with E-state index >= 15 is 0 Å². The van der Waals surface area contributed by atoms with Gasteiger partial charge in [-0.25, -0.2) is 4.68 Å². The standard InChI is InChI=1S/C23H25ClN4O/c1-17-15-18(2)28(25-17)23(16-29)27-13-11-26(12-14-27)22-6-4-3-5-21(22)19-7-9-20(24)10-8-19/h3-10,15-16,23H,11-14H2,1-2H3. The summed E-state index contributed by atoms with van der Waals surface area (Å²) >= 11 is 6.06. The summed E-state index contributed by atoms with van der Waals surface area (Å²) in [4.78, 5) is 16.5. The lowest BCUT2D eigenvalue weighted by Crippen LogP contribution is -2.49. The van der Waals surface area contributed by atoms with Crippen LogP contribution < -0.4 is 4.90 Å². The third-order valence-corrected chi connectivity index (χ3v) is 5.76. The lowest BCUT2D eigenvalue weighted by Gasteiger charge is -2.39. The fraction of sp³-hybridized carbons (Fsp3) is 0.304. The maximum atomic E-state index is 11.9. The Morgan fingerprint density at radius 1 is 1.00 bits per heavy atom. The minimum absolute atomic E-state index is 0.350. The zero-order valence-corrected chi connectivity index (χ0v) is 17.5. The summed E-state index contributed by atoms with van der Waals surface area (Å²) in [6.45, 7) is 7.27. The van der Waals surface area contributed by atoms with Gasteiger partial charge in [-0.15, -0.1) is 0 Å².